The summed E-state index contributed by atoms with van der Waals surface area (Å²) in [6.45, 7) is 5.18. The summed E-state index contributed by atoms with van der Waals surface area (Å²) in [6, 6.07) is 11.7. The van der Waals surface area contributed by atoms with Gasteiger partial charge in [-0.1, -0.05) is 30.3 Å². The molecular formula is C18H20N2O5. The Bertz CT molecular complexity index is 782. The van der Waals surface area contributed by atoms with Crippen LogP contribution in [0.5, 0.6) is 5.75 Å². The van der Waals surface area contributed by atoms with Gasteiger partial charge in [0.05, 0.1) is 23.3 Å². The average Bonchev–Trinajstić information content (AvgIpc) is 2.53. The first-order chi connectivity index (χ1) is 11.7. The minimum atomic E-state index is -0.715. The molecule has 7 nitrogen and oxygen atoms in total. The van der Waals surface area contributed by atoms with Gasteiger partial charge in [-0.25, -0.2) is 4.79 Å². The Kier molecular flexibility index (Phi) is 5.26. The second-order valence-corrected chi connectivity index (χ2v) is 6.32. The molecule has 2 aromatic rings. The summed E-state index contributed by atoms with van der Waals surface area (Å²) < 4.78 is 10.5. The number of nitrogens with one attached hydrogen (secondary N) is 1. The van der Waals surface area contributed by atoms with Crippen molar-refractivity contribution in [3.63, 3.8) is 0 Å². The molecule has 0 aliphatic carbocycles. The minimum absolute atomic E-state index is 0.141. The number of amides is 1. The summed E-state index contributed by atoms with van der Waals surface area (Å²) in [5.41, 5.74) is 0.419. The number of hydrogen-bond donors (Lipinski definition) is 1. The Hall–Kier alpha value is -3.09. The van der Waals surface area contributed by atoms with Crippen LogP contribution in [0.1, 0.15) is 20.8 Å². The molecule has 7 heteroatoms. The fourth-order valence-corrected chi connectivity index (χ4v) is 2.25. The van der Waals surface area contributed by atoms with Crippen molar-refractivity contribution in [2.45, 2.75) is 26.4 Å². The molecule has 2 aromatic carbocycles. The van der Waals surface area contributed by atoms with Gasteiger partial charge in [-0.05, 0) is 32.4 Å². The highest BCUT2D eigenvalue weighted by Crippen LogP contribution is 2.38. The van der Waals surface area contributed by atoms with Crippen LogP contribution in [0.25, 0.3) is 11.1 Å². The van der Waals surface area contributed by atoms with Gasteiger partial charge in [0.1, 0.15) is 11.4 Å². The first-order valence-electron chi connectivity index (χ1n) is 7.63. The lowest BCUT2D eigenvalue weighted by molar-refractivity contribution is -0.384. The van der Waals surface area contributed by atoms with Crippen LogP contribution < -0.4 is 10.1 Å². The molecule has 0 atom stereocenters. The summed E-state index contributed by atoms with van der Waals surface area (Å²) in [7, 11) is 1.43. The quantitative estimate of drug-likeness (QED) is 0.645. The van der Waals surface area contributed by atoms with E-state index >= 15 is 0 Å². The smallest absolute Gasteiger partial charge is 0.412 e. The monoisotopic (exact) mass is 344 g/mol. The van der Waals surface area contributed by atoms with Crippen LogP contribution in [-0.2, 0) is 4.74 Å². The van der Waals surface area contributed by atoms with Crippen molar-refractivity contribution in [1.29, 1.82) is 0 Å². The highest BCUT2D eigenvalue weighted by atomic mass is 16.6. The van der Waals surface area contributed by atoms with Crippen molar-refractivity contribution in [2.75, 3.05) is 12.4 Å². The average molecular weight is 344 g/mol. The summed E-state index contributed by atoms with van der Waals surface area (Å²) in [5.74, 6) is 0.301. The van der Waals surface area contributed by atoms with E-state index in [1.165, 1.54) is 19.2 Å². The molecule has 0 fully saturated rings. The van der Waals surface area contributed by atoms with Crippen molar-refractivity contribution in [3.8, 4) is 16.9 Å². The normalized spacial score (nSPS) is 10.9. The Morgan fingerprint density at radius 2 is 1.80 bits per heavy atom. The molecule has 0 aliphatic heterocycles. The van der Waals surface area contributed by atoms with E-state index in [4.69, 9.17) is 9.47 Å². The molecule has 1 amide bonds. The minimum Gasteiger partial charge on any atom is -0.495 e. The van der Waals surface area contributed by atoms with Crippen molar-refractivity contribution in [1.82, 2.24) is 0 Å². The number of nitro benzene ring substituents is 1. The van der Waals surface area contributed by atoms with E-state index < -0.39 is 16.6 Å². The van der Waals surface area contributed by atoms with Crippen LogP contribution in [0, 0.1) is 10.1 Å². The van der Waals surface area contributed by atoms with Gasteiger partial charge in [0.25, 0.3) is 5.69 Å². The largest absolute Gasteiger partial charge is 0.495 e. The van der Waals surface area contributed by atoms with E-state index in [9.17, 15) is 14.9 Å². The molecule has 0 bridgehead atoms. The predicted molar refractivity (Wildman–Crippen MR) is 94.9 cm³/mol. The summed E-state index contributed by atoms with van der Waals surface area (Å²) >= 11 is 0. The molecule has 0 unspecified atom stereocenters. The zero-order valence-corrected chi connectivity index (χ0v) is 14.5. The molecule has 0 radical (unpaired) electrons. The maximum atomic E-state index is 12.0. The van der Waals surface area contributed by atoms with E-state index in [2.05, 4.69) is 5.32 Å². The van der Waals surface area contributed by atoms with E-state index in [1.807, 2.05) is 6.07 Å². The maximum Gasteiger partial charge on any atom is 0.412 e. The molecule has 0 saturated heterocycles. The number of methoxy groups -OCH3 is 1. The van der Waals surface area contributed by atoms with Gasteiger partial charge in [0, 0.05) is 6.07 Å². The summed E-state index contributed by atoms with van der Waals surface area (Å²) in [5, 5.41) is 14.0. The fraction of sp³-hybridized carbons (Fsp3) is 0.278. The zero-order chi connectivity index (χ0) is 18.6. The topological polar surface area (TPSA) is 90.7 Å². The molecule has 132 valence electrons. The van der Waals surface area contributed by atoms with Crippen molar-refractivity contribution < 1.29 is 19.2 Å². The third-order valence-corrected chi connectivity index (χ3v) is 3.23. The number of carbonyl (C=O) groups excluding carboxylic acids is 1. The Morgan fingerprint density at radius 3 is 2.32 bits per heavy atom. The van der Waals surface area contributed by atoms with Crippen LogP contribution in [0.15, 0.2) is 42.5 Å². The van der Waals surface area contributed by atoms with Gasteiger partial charge in [-0.2, -0.15) is 0 Å². The lowest BCUT2D eigenvalue weighted by Crippen LogP contribution is -2.27. The van der Waals surface area contributed by atoms with Gasteiger partial charge in [-0.3, -0.25) is 15.4 Å². The SMILES string of the molecule is COc1cc(-c2ccccc2)c([N+](=O)[O-])cc1NC(=O)OC(C)(C)C. The molecule has 0 aliphatic rings. The van der Waals surface area contributed by atoms with Crippen LogP contribution >= 0.6 is 0 Å². The van der Waals surface area contributed by atoms with Gasteiger partial charge in [0.2, 0.25) is 0 Å². The number of nitrogens with zero attached hydrogens (tertiary/aromatic N) is 1. The highest BCUT2D eigenvalue weighted by Gasteiger charge is 2.23. The number of nitro groups is 1. The first kappa shape index (κ1) is 18.3. The van der Waals surface area contributed by atoms with E-state index in [-0.39, 0.29) is 11.4 Å². The van der Waals surface area contributed by atoms with Crippen molar-refractivity contribution >= 4 is 17.5 Å². The summed E-state index contributed by atoms with van der Waals surface area (Å²) in [6.07, 6.45) is -0.715. The Balaban J connectivity index is 2.47. The molecule has 2 rings (SSSR count). The lowest BCUT2D eigenvalue weighted by atomic mass is 10.0. The third kappa shape index (κ3) is 4.69. The molecule has 0 aromatic heterocycles. The lowest BCUT2D eigenvalue weighted by Gasteiger charge is -2.20. The van der Waals surface area contributed by atoms with Crippen LogP contribution in [0.4, 0.5) is 16.2 Å². The van der Waals surface area contributed by atoms with Gasteiger partial charge >= 0.3 is 6.09 Å². The highest BCUT2D eigenvalue weighted by molar-refractivity contribution is 5.90. The fourth-order valence-electron chi connectivity index (χ4n) is 2.25. The van der Waals surface area contributed by atoms with Crippen LogP contribution in [0.3, 0.4) is 0 Å². The Labute approximate surface area is 145 Å². The number of hydrogen-bond acceptors (Lipinski definition) is 5. The van der Waals surface area contributed by atoms with E-state index in [0.717, 1.165) is 0 Å². The van der Waals surface area contributed by atoms with Crippen molar-refractivity contribution in [2.24, 2.45) is 0 Å². The van der Waals surface area contributed by atoms with Gasteiger partial charge in [0.15, 0.2) is 0 Å². The van der Waals surface area contributed by atoms with Gasteiger partial charge in [-0.15, -0.1) is 0 Å². The number of ether oxygens (including phenoxy) is 2. The molecular weight excluding hydrogens is 324 g/mol. The zero-order valence-electron chi connectivity index (χ0n) is 14.5. The predicted octanol–water partition coefficient (Wildman–Crippen LogP) is 4.62. The first-order valence-corrected chi connectivity index (χ1v) is 7.63. The third-order valence-electron chi connectivity index (χ3n) is 3.23. The molecule has 1 N–H and O–H groups in total. The molecule has 0 spiro atoms. The van der Waals surface area contributed by atoms with E-state index in [0.29, 0.717) is 16.9 Å². The number of carbonyl (C=O) groups is 1. The number of rotatable bonds is 4. The summed E-state index contributed by atoms with van der Waals surface area (Å²) in [4.78, 5) is 23.0. The number of benzene rings is 2. The second-order valence-electron chi connectivity index (χ2n) is 6.32. The van der Waals surface area contributed by atoms with Gasteiger partial charge < -0.3 is 9.47 Å². The number of anilines is 1. The van der Waals surface area contributed by atoms with Crippen LogP contribution in [-0.4, -0.2) is 23.7 Å². The second kappa shape index (κ2) is 7.21. The molecule has 0 heterocycles. The van der Waals surface area contributed by atoms with Crippen LogP contribution in [0.2, 0.25) is 0 Å². The Morgan fingerprint density at radius 1 is 1.16 bits per heavy atom. The molecule has 25 heavy (non-hydrogen) atoms. The van der Waals surface area contributed by atoms with Crippen molar-refractivity contribution in [3.05, 3.63) is 52.6 Å². The maximum absolute atomic E-state index is 12.0. The standard InChI is InChI=1S/C18H20N2O5/c1-18(2,3)25-17(21)19-14-11-15(20(22)23)13(10-16(14)24-4)12-8-6-5-7-9-12/h5-11H,1-4H3,(H,19,21). The van der Waals surface area contributed by atoms with E-state index in [1.54, 1.807) is 45.0 Å². The molecule has 0 saturated carbocycles.